The van der Waals surface area contributed by atoms with E-state index in [0.717, 1.165) is 6.42 Å². The fourth-order valence-electron chi connectivity index (χ4n) is 7.31. The van der Waals surface area contributed by atoms with E-state index in [9.17, 15) is 0 Å². The first-order valence-electron chi connectivity index (χ1n) is 14.0. The summed E-state index contributed by atoms with van der Waals surface area (Å²) in [6, 6.07) is 41.0. The van der Waals surface area contributed by atoms with Crippen LogP contribution in [0.5, 0.6) is 0 Å². The summed E-state index contributed by atoms with van der Waals surface area (Å²) in [5.41, 5.74) is 10.4. The molecule has 0 spiro atoms. The molecular formula is C37H36Si. The first-order chi connectivity index (χ1) is 18.6. The largest absolute Gasteiger partial charge is 0.156 e. The molecule has 6 rings (SSSR count). The summed E-state index contributed by atoms with van der Waals surface area (Å²) < 4.78 is 0. The van der Waals surface area contributed by atoms with E-state index in [0.29, 0.717) is 11.5 Å². The Kier molecular flexibility index (Phi) is 6.41. The number of rotatable bonds is 6. The smallest absolute Gasteiger partial charge is 0.0748 e. The van der Waals surface area contributed by atoms with Gasteiger partial charge in [-0.1, -0.05) is 157 Å². The summed E-state index contributed by atoms with van der Waals surface area (Å²) in [6.45, 7) is 9.46. The van der Waals surface area contributed by atoms with Crippen molar-refractivity contribution < 1.29 is 0 Å². The zero-order valence-electron chi connectivity index (χ0n) is 22.9. The summed E-state index contributed by atoms with van der Waals surface area (Å²) in [6.07, 6.45) is 6.10. The summed E-state index contributed by atoms with van der Waals surface area (Å²) in [5.74, 6) is 0.418. The molecule has 2 aliphatic carbocycles. The first-order valence-corrected chi connectivity index (χ1v) is 16.0. The van der Waals surface area contributed by atoms with Crippen molar-refractivity contribution >= 4 is 24.5 Å². The van der Waals surface area contributed by atoms with E-state index < -0.39 is 8.07 Å². The van der Waals surface area contributed by atoms with E-state index >= 15 is 0 Å². The second-order valence-electron chi connectivity index (χ2n) is 10.9. The third-order valence-electron chi connectivity index (χ3n) is 8.91. The molecule has 4 aromatic rings. The SMILES string of the molecule is CCC1=Cc2c(-c3ccccc3)cccc2C1[Si](C1=C(C)C(C)=CC1C)(c1ccccc1)c1ccccc1. The van der Waals surface area contributed by atoms with E-state index in [-0.39, 0.29) is 0 Å². The third kappa shape index (κ3) is 3.72. The van der Waals surface area contributed by atoms with Crippen molar-refractivity contribution in [2.24, 2.45) is 5.92 Å². The molecule has 0 saturated heterocycles. The predicted molar refractivity (Wildman–Crippen MR) is 166 cm³/mol. The van der Waals surface area contributed by atoms with Crippen LogP contribution in [0.15, 0.2) is 137 Å². The molecule has 2 unspecified atom stereocenters. The minimum Gasteiger partial charge on any atom is -0.0748 e. The second kappa shape index (κ2) is 9.89. The average molecular weight is 509 g/mol. The molecular weight excluding hydrogens is 472 g/mol. The van der Waals surface area contributed by atoms with E-state index in [2.05, 4.69) is 149 Å². The van der Waals surface area contributed by atoms with Crippen LogP contribution >= 0.6 is 0 Å². The molecule has 0 N–H and O–H groups in total. The Hall–Kier alpha value is -3.68. The Labute approximate surface area is 229 Å². The van der Waals surface area contributed by atoms with Crippen LogP contribution in [0.2, 0.25) is 0 Å². The molecule has 1 heteroatoms. The highest BCUT2D eigenvalue weighted by Crippen LogP contribution is 2.51. The van der Waals surface area contributed by atoms with Crippen molar-refractivity contribution in [2.45, 2.75) is 39.7 Å². The lowest BCUT2D eigenvalue weighted by atomic mass is 9.97. The highest BCUT2D eigenvalue weighted by Gasteiger charge is 2.53. The van der Waals surface area contributed by atoms with Crippen molar-refractivity contribution in [1.82, 2.24) is 0 Å². The minimum absolute atomic E-state index is 0.350. The van der Waals surface area contributed by atoms with Crippen LogP contribution in [0.3, 0.4) is 0 Å². The van der Waals surface area contributed by atoms with Gasteiger partial charge in [-0.25, -0.2) is 0 Å². The zero-order valence-corrected chi connectivity index (χ0v) is 23.9. The number of hydrogen-bond acceptors (Lipinski definition) is 0. The second-order valence-corrected chi connectivity index (χ2v) is 14.8. The quantitative estimate of drug-likeness (QED) is 0.229. The topological polar surface area (TPSA) is 0 Å². The van der Waals surface area contributed by atoms with Crippen molar-refractivity contribution in [2.75, 3.05) is 0 Å². The molecule has 0 radical (unpaired) electrons. The monoisotopic (exact) mass is 508 g/mol. The fourth-order valence-corrected chi connectivity index (χ4v) is 13.8. The standard InChI is InChI=1S/C37H36Si/c1-5-29-25-35-33(30-16-9-6-10-17-30)22-15-23-34(35)37(29)38(31-18-11-7-12-19-31,32-20-13-8-14-21-32)36-27(3)24-26(2)28(36)4/h6-25,27,37H,5H2,1-4H3. The van der Waals surface area contributed by atoms with Crippen molar-refractivity contribution in [1.29, 1.82) is 0 Å². The number of hydrogen-bond donors (Lipinski definition) is 0. The normalized spacial score (nSPS) is 18.8. The molecule has 4 aromatic carbocycles. The molecule has 0 aliphatic heterocycles. The van der Waals surface area contributed by atoms with Gasteiger partial charge in [-0.2, -0.15) is 0 Å². The Balaban J connectivity index is 1.73. The summed E-state index contributed by atoms with van der Waals surface area (Å²) >= 11 is 0. The molecule has 0 heterocycles. The highest BCUT2D eigenvalue weighted by atomic mass is 28.3. The lowest BCUT2D eigenvalue weighted by molar-refractivity contribution is 0.899. The highest BCUT2D eigenvalue weighted by molar-refractivity contribution is 7.09. The van der Waals surface area contributed by atoms with Gasteiger partial charge < -0.3 is 0 Å². The van der Waals surface area contributed by atoms with E-state index in [4.69, 9.17) is 0 Å². The van der Waals surface area contributed by atoms with Gasteiger partial charge in [-0.05, 0) is 58.8 Å². The van der Waals surface area contributed by atoms with Gasteiger partial charge in [0, 0.05) is 5.54 Å². The maximum atomic E-state index is 2.55. The summed E-state index contributed by atoms with van der Waals surface area (Å²) in [5, 5.41) is 4.70. The van der Waals surface area contributed by atoms with Crippen molar-refractivity contribution in [3.8, 4) is 11.1 Å². The Morgan fingerprint density at radius 2 is 1.26 bits per heavy atom. The van der Waals surface area contributed by atoms with Crippen molar-refractivity contribution in [3.05, 3.63) is 148 Å². The summed E-state index contributed by atoms with van der Waals surface area (Å²) in [7, 11) is -2.55. The zero-order chi connectivity index (χ0) is 26.3. The van der Waals surface area contributed by atoms with Gasteiger partial charge in [0.05, 0.1) is 0 Å². The maximum absolute atomic E-state index is 2.55. The van der Waals surface area contributed by atoms with E-state index in [1.807, 2.05) is 0 Å². The van der Waals surface area contributed by atoms with Crippen LogP contribution in [0, 0.1) is 5.92 Å². The molecule has 0 nitrogen and oxygen atoms in total. The number of allylic oxidation sites excluding steroid dienone is 5. The Morgan fingerprint density at radius 3 is 1.79 bits per heavy atom. The molecule has 0 fully saturated rings. The van der Waals surface area contributed by atoms with Gasteiger partial charge in [-0.3, -0.25) is 0 Å². The van der Waals surface area contributed by atoms with Gasteiger partial charge in [0.2, 0.25) is 0 Å². The fraction of sp³-hybridized carbons (Fsp3) is 0.189. The molecule has 2 aliphatic rings. The van der Waals surface area contributed by atoms with Gasteiger partial charge >= 0.3 is 0 Å². The molecule has 0 saturated carbocycles. The van der Waals surface area contributed by atoms with Crippen LogP contribution in [-0.2, 0) is 0 Å². The van der Waals surface area contributed by atoms with Gasteiger partial charge in [0.25, 0.3) is 0 Å². The summed E-state index contributed by atoms with van der Waals surface area (Å²) in [4.78, 5) is 0. The van der Waals surface area contributed by atoms with Crippen LogP contribution in [0.25, 0.3) is 17.2 Å². The van der Waals surface area contributed by atoms with Gasteiger partial charge in [0.15, 0.2) is 8.07 Å². The molecule has 0 bridgehead atoms. The number of fused-ring (bicyclic) bond motifs is 1. The van der Waals surface area contributed by atoms with E-state index in [1.165, 1.54) is 43.8 Å². The third-order valence-corrected chi connectivity index (χ3v) is 14.6. The minimum atomic E-state index is -2.55. The predicted octanol–water partition coefficient (Wildman–Crippen LogP) is 8.50. The van der Waals surface area contributed by atoms with Crippen LogP contribution in [0.4, 0.5) is 0 Å². The Morgan fingerprint density at radius 1 is 0.684 bits per heavy atom. The van der Waals surface area contributed by atoms with Gasteiger partial charge in [-0.15, -0.1) is 0 Å². The van der Waals surface area contributed by atoms with Crippen LogP contribution in [-0.4, -0.2) is 8.07 Å². The lowest BCUT2D eigenvalue weighted by Crippen LogP contribution is -2.65. The number of benzene rings is 4. The maximum Gasteiger partial charge on any atom is 0.156 e. The van der Waals surface area contributed by atoms with Crippen LogP contribution < -0.4 is 10.4 Å². The molecule has 2 atom stereocenters. The van der Waals surface area contributed by atoms with E-state index in [1.54, 1.807) is 10.8 Å². The average Bonchev–Trinajstić information content (AvgIpc) is 3.47. The molecule has 38 heavy (non-hydrogen) atoms. The molecule has 0 amide bonds. The first kappa shape index (κ1) is 24.6. The van der Waals surface area contributed by atoms with Gasteiger partial charge in [0.1, 0.15) is 0 Å². The molecule has 0 aromatic heterocycles. The van der Waals surface area contributed by atoms with Crippen LogP contribution in [0.1, 0.15) is 50.8 Å². The molecule has 188 valence electrons. The van der Waals surface area contributed by atoms with Crippen molar-refractivity contribution in [3.63, 3.8) is 0 Å². The lowest BCUT2D eigenvalue weighted by Gasteiger charge is -2.44. The Bertz CT molecular complexity index is 1520.